The molecule has 0 spiro atoms. The fourth-order valence-electron chi connectivity index (χ4n) is 5.54. The predicted molar refractivity (Wildman–Crippen MR) is 146 cm³/mol. The standard InChI is InChI=1S/C28H30F2N4O5S/c1-32(26(38)28(12-24(35)36)10-15-6-19(29)20(30)7-16(15)11-28)27-31-21-8-18(22(39-5)9-23(21)40-27)25(37)33-13-17(14-33)34(2,3)4/h6-9,17H,10-14H2,1-5H3/p+1. The molecule has 0 unspecified atom stereocenters. The van der Waals surface area contributed by atoms with Crippen LogP contribution in [0.15, 0.2) is 24.3 Å². The Morgan fingerprint density at radius 2 is 1.73 bits per heavy atom. The number of halogens is 2. The molecule has 0 radical (unpaired) electrons. The number of anilines is 1. The number of hydrogen-bond acceptors (Lipinski definition) is 6. The van der Waals surface area contributed by atoms with Crippen LogP contribution in [0.3, 0.4) is 0 Å². The average Bonchev–Trinajstić information content (AvgIpc) is 3.41. The minimum Gasteiger partial charge on any atom is -0.496 e. The third-order valence-corrected chi connectivity index (χ3v) is 9.10. The molecule has 1 N–H and O–H groups in total. The van der Waals surface area contributed by atoms with E-state index in [1.54, 1.807) is 17.0 Å². The van der Waals surface area contributed by atoms with E-state index in [1.807, 2.05) is 0 Å². The van der Waals surface area contributed by atoms with Crippen LogP contribution in [-0.2, 0) is 22.4 Å². The lowest BCUT2D eigenvalue weighted by Gasteiger charge is -2.46. The van der Waals surface area contributed by atoms with Gasteiger partial charge in [-0.2, -0.15) is 0 Å². The van der Waals surface area contributed by atoms with Crippen LogP contribution in [0.5, 0.6) is 5.75 Å². The van der Waals surface area contributed by atoms with Crippen molar-refractivity contribution in [3.8, 4) is 5.75 Å². The number of nitrogens with zero attached hydrogens (tertiary/aromatic N) is 4. The molecule has 5 rings (SSSR count). The summed E-state index contributed by atoms with van der Waals surface area (Å²) in [6, 6.07) is 5.77. The second kappa shape index (κ2) is 9.77. The third-order valence-electron chi connectivity index (χ3n) is 8.01. The number of rotatable bonds is 7. The molecule has 1 aliphatic heterocycles. The third kappa shape index (κ3) is 4.79. The molecule has 1 aromatic heterocycles. The maximum absolute atomic E-state index is 13.9. The Balaban J connectivity index is 1.43. The highest BCUT2D eigenvalue weighted by atomic mass is 32.1. The molecular formula is C28H31F2N4O5S+. The summed E-state index contributed by atoms with van der Waals surface area (Å²) in [4.78, 5) is 46.6. The molecule has 2 aromatic carbocycles. The van der Waals surface area contributed by atoms with Gasteiger partial charge in [0.2, 0.25) is 5.91 Å². The van der Waals surface area contributed by atoms with Crippen molar-refractivity contribution < 1.29 is 37.5 Å². The summed E-state index contributed by atoms with van der Waals surface area (Å²) >= 11 is 1.20. The van der Waals surface area contributed by atoms with E-state index in [0.29, 0.717) is 56.9 Å². The minimum absolute atomic E-state index is 0.0313. The van der Waals surface area contributed by atoms with E-state index >= 15 is 0 Å². The van der Waals surface area contributed by atoms with Gasteiger partial charge in [0, 0.05) is 13.1 Å². The number of carboxylic acids is 1. The first-order valence-corrected chi connectivity index (χ1v) is 13.6. The number of aliphatic carboxylic acids is 1. The molecule has 0 atom stereocenters. The monoisotopic (exact) mass is 573 g/mol. The van der Waals surface area contributed by atoms with Gasteiger partial charge in [0.15, 0.2) is 16.8 Å². The van der Waals surface area contributed by atoms with Crippen LogP contribution >= 0.6 is 11.3 Å². The SMILES string of the molecule is COc1cc2sc(N(C)C(=O)C3(CC(=O)O)Cc4cc(F)c(F)cc4C3)nc2cc1C(=O)N1CC([N+](C)(C)C)C1. The van der Waals surface area contributed by atoms with Crippen molar-refractivity contribution in [3.05, 3.63) is 52.6 Å². The van der Waals surface area contributed by atoms with Crippen molar-refractivity contribution in [1.82, 2.24) is 9.88 Å². The first-order chi connectivity index (χ1) is 18.7. The van der Waals surface area contributed by atoms with Crippen molar-refractivity contribution in [3.63, 3.8) is 0 Å². The van der Waals surface area contributed by atoms with Gasteiger partial charge in [0.1, 0.15) is 11.8 Å². The molecule has 40 heavy (non-hydrogen) atoms. The maximum Gasteiger partial charge on any atom is 0.304 e. The molecule has 0 saturated carbocycles. The zero-order valence-corrected chi connectivity index (χ0v) is 23.8. The fraction of sp³-hybridized carbons (Fsp3) is 0.429. The molecule has 9 nitrogen and oxygen atoms in total. The van der Waals surface area contributed by atoms with Crippen LogP contribution in [0, 0.1) is 17.0 Å². The Hall–Kier alpha value is -3.64. The smallest absolute Gasteiger partial charge is 0.304 e. The predicted octanol–water partition coefficient (Wildman–Crippen LogP) is 3.34. The van der Waals surface area contributed by atoms with Crippen LogP contribution in [0.4, 0.5) is 13.9 Å². The van der Waals surface area contributed by atoms with E-state index < -0.39 is 35.3 Å². The molecule has 1 fully saturated rings. The highest BCUT2D eigenvalue weighted by Gasteiger charge is 2.48. The highest BCUT2D eigenvalue weighted by Crippen LogP contribution is 2.44. The topological polar surface area (TPSA) is 100 Å². The highest BCUT2D eigenvalue weighted by molar-refractivity contribution is 7.22. The largest absolute Gasteiger partial charge is 0.496 e. The minimum atomic E-state index is -1.42. The van der Waals surface area contributed by atoms with Gasteiger partial charge in [-0.3, -0.25) is 19.3 Å². The van der Waals surface area contributed by atoms with Crippen molar-refractivity contribution in [2.75, 3.05) is 53.3 Å². The Morgan fingerprint density at radius 3 is 2.25 bits per heavy atom. The number of ether oxygens (including phenoxy) is 1. The molecule has 212 valence electrons. The van der Waals surface area contributed by atoms with Gasteiger partial charge in [0.25, 0.3) is 5.91 Å². The molecule has 3 aromatic rings. The quantitative estimate of drug-likeness (QED) is 0.436. The van der Waals surface area contributed by atoms with Crippen molar-refractivity contribution in [2.24, 2.45) is 5.41 Å². The van der Waals surface area contributed by atoms with Crippen molar-refractivity contribution >= 4 is 44.5 Å². The molecule has 2 amide bonds. The Bertz CT molecular complexity index is 1510. The van der Waals surface area contributed by atoms with Crippen LogP contribution in [0.2, 0.25) is 0 Å². The summed E-state index contributed by atoms with van der Waals surface area (Å²) in [6.07, 6.45) is -0.567. The lowest BCUT2D eigenvalue weighted by atomic mass is 9.80. The number of likely N-dealkylation sites (N-methyl/N-ethyl adjacent to an activating group) is 1. The van der Waals surface area contributed by atoms with Crippen molar-refractivity contribution in [1.29, 1.82) is 0 Å². The van der Waals surface area contributed by atoms with Gasteiger partial charge in [-0.15, -0.1) is 0 Å². The van der Waals surface area contributed by atoms with Crippen LogP contribution < -0.4 is 9.64 Å². The number of quaternary nitrogens is 1. The maximum atomic E-state index is 13.9. The van der Waals surface area contributed by atoms with Crippen LogP contribution in [0.1, 0.15) is 27.9 Å². The zero-order chi connectivity index (χ0) is 29.1. The number of aromatic nitrogens is 1. The van der Waals surface area contributed by atoms with E-state index in [9.17, 15) is 28.3 Å². The van der Waals surface area contributed by atoms with E-state index in [1.165, 1.54) is 30.4 Å². The molecule has 2 aliphatic rings. The van der Waals surface area contributed by atoms with Crippen LogP contribution in [-0.4, -0.2) is 91.7 Å². The van der Waals surface area contributed by atoms with Gasteiger partial charge in [-0.25, -0.2) is 13.8 Å². The Labute approximate surface area is 234 Å². The number of fused-ring (bicyclic) bond motifs is 2. The first kappa shape index (κ1) is 27.9. The lowest BCUT2D eigenvalue weighted by molar-refractivity contribution is -0.900. The van der Waals surface area contributed by atoms with E-state index in [-0.39, 0.29) is 18.7 Å². The second-order valence-corrected chi connectivity index (χ2v) is 12.6. The summed E-state index contributed by atoms with van der Waals surface area (Å²) in [5.74, 6) is -3.55. The summed E-state index contributed by atoms with van der Waals surface area (Å²) in [5, 5.41) is 9.94. The number of carbonyl (C=O) groups is 3. The van der Waals surface area contributed by atoms with E-state index in [2.05, 4.69) is 26.1 Å². The molecular weight excluding hydrogens is 542 g/mol. The van der Waals surface area contributed by atoms with Gasteiger partial charge < -0.3 is 19.2 Å². The molecule has 0 bridgehead atoms. The number of thiazole rings is 1. The summed E-state index contributed by atoms with van der Waals surface area (Å²) in [5.41, 5.74) is 0.284. The number of likely N-dealkylation sites (tertiary alicyclic amines) is 1. The summed E-state index contributed by atoms with van der Waals surface area (Å²) in [6.45, 7) is 1.26. The number of amides is 2. The zero-order valence-electron chi connectivity index (χ0n) is 23.0. The summed E-state index contributed by atoms with van der Waals surface area (Å²) < 4.78 is 34.8. The van der Waals surface area contributed by atoms with Gasteiger partial charge in [0.05, 0.1) is 69.0 Å². The second-order valence-electron chi connectivity index (χ2n) is 11.6. The van der Waals surface area contributed by atoms with Crippen molar-refractivity contribution in [2.45, 2.75) is 25.3 Å². The first-order valence-electron chi connectivity index (χ1n) is 12.8. The molecule has 12 heteroatoms. The van der Waals surface area contributed by atoms with Gasteiger partial charge >= 0.3 is 5.97 Å². The number of carboxylic acid groups (broad SMARTS) is 1. The molecule has 1 aliphatic carbocycles. The Morgan fingerprint density at radius 1 is 1.12 bits per heavy atom. The fourth-order valence-corrected chi connectivity index (χ4v) is 6.47. The van der Waals surface area contributed by atoms with Gasteiger partial charge in [-0.05, 0) is 42.2 Å². The number of hydrogen-bond donors (Lipinski definition) is 1. The number of benzene rings is 2. The number of carbonyl (C=O) groups excluding carboxylic acids is 2. The number of methoxy groups -OCH3 is 1. The van der Waals surface area contributed by atoms with Crippen LogP contribution in [0.25, 0.3) is 10.2 Å². The van der Waals surface area contributed by atoms with E-state index in [4.69, 9.17) is 4.74 Å². The summed E-state index contributed by atoms with van der Waals surface area (Å²) in [7, 11) is 9.26. The Kier molecular flexibility index (Phi) is 6.82. The molecule has 2 heterocycles. The average molecular weight is 574 g/mol. The van der Waals surface area contributed by atoms with E-state index in [0.717, 1.165) is 16.6 Å². The lowest BCUT2D eigenvalue weighted by Crippen LogP contribution is -2.65. The van der Waals surface area contributed by atoms with Gasteiger partial charge in [-0.1, -0.05) is 11.3 Å². The normalized spacial score (nSPS) is 16.5. The molecule has 1 saturated heterocycles.